The molecule has 0 N–H and O–H groups in total. The molecular formula is C13H16N2O4. The molecule has 2 aliphatic rings. The zero-order chi connectivity index (χ0) is 13.4. The largest absolute Gasteiger partial charge is 0.490 e. The number of hydrogen-bond acceptors (Lipinski definition) is 5. The third-order valence-electron chi connectivity index (χ3n) is 3.82. The Morgan fingerprint density at radius 1 is 1.47 bits per heavy atom. The van der Waals surface area contributed by atoms with Crippen LogP contribution in [-0.4, -0.2) is 31.2 Å². The third-order valence-corrected chi connectivity index (χ3v) is 3.82. The third kappa shape index (κ3) is 1.97. The Morgan fingerprint density at radius 3 is 3.05 bits per heavy atom. The molecule has 0 amide bonds. The van der Waals surface area contributed by atoms with Gasteiger partial charge >= 0.3 is 5.69 Å². The quantitative estimate of drug-likeness (QED) is 0.606. The topological polar surface area (TPSA) is 64.8 Å². The standard InChI is InChI=1S/C13H16N2O4/c1-18-12-6-10-13(7-11(12)15(16)17)19-8-9-4-2-3-5-14(9)10/h6-7,9H,2-5,8H2,1H3/t9-/m1/s1. The predicted molar refractivity (Wildman–Crippen MR) is 70.1 cm³/mol. The van der Waals surface area contributed by atoms with E-state index in [2.05, 4.69) is 4.90 Å². The minimum atomic E-state index is -0.440. The number of piperidine rings is 1. The van der Waals surface area contributed by atoms with Crippen LogP contribution in [0.3, 0.4) is 0 Å². The fraction of sp³-hybridized carbons (Fsp3) is 0.538. The molecule has 0 saturated carbocycles. The van der Waals surface area contributed by atoms with Gasteiger partial charge in [-0.2, -0.15) is 0 Å². The fourth-order valence-electron chi connectivity index (χ4n) is 2.86. The maximum atomic E-state index is 11.0. The van der Waals surface area contributed by atoms with Crippen molar-refractivity contribution in [3.05, 3.63) is 22.2 Å². The van der Waals surface area contributed by atoms with Gasteiger partial charge in [-0.3, -0.25) is 10.1 Å². The molecule has 1 atom stereocenters. The van der Waals surface area contributed by atoms with E-state index in [-0.39, 0.29) is 5.69 Å². The number of hydrogen-bond donors (Lipinski definition) is 0. The van der Waals surface area contributed by atoms with E-state index in [0.29, 0.717) is 24.1 Å². The molecule has 0 aliphatic carbocycles. The van der Waals surface area contributed by atoms with Crippen molar-refractivity contribution in [1.29, 1.82) is 0 Å². The number of nitrogens with zero attached hydrogens (tertiary/aromatic N) is 2. The normalized spacial score (nSPS) is 21.1. The Kier molecular flexibility index (Phi) is 2.93. The Labute approximate surface area is 111 Å². The number of nitro benzene ring substituents is 1. The summed E-state index contributed by atoms with van der Waals surface area (Å²) in [5.41, 5.74) is 0.870. The molecule has 0 bridgehead atoms. The van der Waals surface area contributed by atoms with Crippen LogP contribution >= 0.6 is 0 Å². The van der Waals surface area contributed by atoms with E-state index in [1.165, 1.54) is 19.6 Å². The van der Waals surface area contributed by atoms with E-state index in [1.54, 1.807) is 6.07 Å². The van der Waals surface area contributed by atoms with Gasteiger partial charge in [0.1, 0.15) is 12.4 Å². The molecule has 6 nitrogen and oxygen atoms in total. The van der Waals surface area contributed by atoms with Crippen LogP contribution in [0.4, 0.5) is 11.4 Å². The average molecular weight is 264 g/mol. The van der Waals surface area contributed by atoms with Crippen LogP contribution in [0.5, 0.6) is 11.5 Å². The summed E-state index contributed by atoms with van der Waals surface area (Å²) in [6.45, 7) is 1.58. The number of methoxy groups -OCH3 is 1. The van der Waals surface area contributed by atoms with Crippen LogP contribution < -0.4 is 14.4 Å². The monoisotopic (exact) mass is 264 g/mol. The summed E-state index contributed by atoms with van der Waals surface area (Å²) in [6, 6.07) is 3.58. The number of ether oxygens (including phenoxy) is 2. The SMILES string of the molecule is COc1cc2c(cc1[N+](=O)[O-])OC[C@H]1CCCCN21. The van der Waals surface area contributed by atoms with E-state index in [9.17, 15) is 10.1 Å². The Hall–Kier alpha value is -1.98. The zero-order valence-corrected chi connectivity index (χ0v) is 10.8. The lowest BCUT2D eigenvalue weighted by molar-refractivity contribution is -0.385. The maximum Gasteiger partial charge on any atom is 0.314 e. The molecule has 102 valence electrons. The van der Waals surface area contributed by atoms with Crippen LogP contribution in [0.15, 0.2) is 12.1 Å². The van der Waals surface area contributed by atoms with Gasteiger partial charge in [-0.15, -0.1) is 0 Å². The molecule has 0 radical (unpaired) electrons. The van der Waals surface area contributed by atoms with Crippen molar-refractivity contribution in [1.82, 2.24) is 0 Å². The minimum absolute atomic E-state index is 0.0447. The van der Waals surface area contributed by atoms with Crippen molar-refractivity contribution in [2.75, 3.05) is 25.2 Å². The summed E-state index contributed by atoms with van der Waals surface area (Å²) < 4.78 is 10.8. The first-order valence-electron chi connectivity index (χ1n) is 6.46. The van der Waals surface area contributed by atoms with Gasteiger partial charge < -0.3 is 14.4 Å². The summed E-state index contributed by atoms with van der Waals surface area (Å²) in [6.07, 6.45) is 3.47. The lowest BCUT2D eigenvalue weighted by atomic mass is 10.00. The summed E-state index contributed by atoms with van der Waals surface area (Å²) in [5, 5.41) is 11.0. The van der Waals surface area contributed by atoms with E-state index in [1.807, 2.05) is 0 Å². The number of rotatable bonds is 2. The number of anilines is 1. The summed E-state index contributed by atoms with van der Waals surface area (Å²) in [4.78, 5) is 12.9. The Morgan fingerprint density at radius 2 is 2.32 bits per heavy atom. The molecule has 3 rings (SSSR count). The van der Waals surface area contributed by atoms with Crippen molar-refractivity contribution >= 4 is 11.4 Å². The average Bonchev–Trinajstić information content (AvgIpc) is 2.45. The Bertz CT molecular complexity index is 518. The summed E-state index contributed by atoms with van der Waals surface area (Å²) in [7, 11) is 1.45. The molecule has 2 aliphatic heterocycles. The van der Waals surface area contributed by atoms with Crippen LogP contribution in [0.2, 0.25) is 0 Å². The zero-order valence-electron chi connectivity index (χ0n) is 10.8. The van der Waals surface area contributed by atoms with Gasteiger partial charge in [-0.1, -0.05) is 0 Å². The highest BCUT2D eigenvalue weighted by molar-refractivity contribution is 5.69. The van der Waals surface area contributed by atoms with Gasteiger partial charge in [0.15, 0.2) is 5.75 Å². The highest BCUT2D eigenvalue weighted by Crippen LogP contribution is 2.43. The first-order chi connectivity index (χ1) is 9.20. The molecule has 1 fully saturated rings. The van der Waals surface area contributed by atoms with Crippen molar-refractivity contribution in [3.8, 4) is 11.5 Å². The van der Waals surface area contributed by atoms with E-state index < -0.39 is 4.92 Å². The van der Waals surface area contributed by atoms with Gasteiger partial charge in [0, 0.05) is 12.6 Å². The molecule has 1 aromatic carbocycles. The molecule has 2 heterocycles. The molecule has 0 unspecified atom stereocenters. The van der Waals surface area contributed by atoms with Gasteiger partial charge in [0.2, 0.25) is 0 Å². The van der Waals surface area contributed by atoms with E-state index in [0.717, 1.165) is 25.1 Å². The molecule has 0 spiro atoms. The minimum Gasteiger partial charge on any atom is -0.490 e. The van der Waals surface area contributed by atoms with Crippen LogP contribution in [0, 0.1) is 10.1 Å². The van der Waals surface area contributed by atoms with Crippen molar-refractivity contribution < 1.29 is 14.4 Å². The molecule has 19 heavy (non-hydrogen) atoms. The summed E-state index contributed by atoms with van der Waals surface area (Å²) in [5.74, 6) is 0.879. The Balaban J connectivity index is 2.06. The van der Waals surface area contributed by atoms with Gasteiger partial charge in [0.25, 0.3) is 0 Å². The number of nitro groups is 1. The van der Waals surface area contributed by atoms with Gasteiger partial charge in [-0.05, 0) is 19.3 Å². The van der Waals surface area contributed by atoms with Gasteiger partial charge in [0.05, 0.1) is 29.8 Å². The molecule has 1 saturated heterocycles. The highest BCUT2D eigenvalue weighted by Gasteiger charge is 2.32. The lowest BCUT2D eigenvalue weighted by Crippen LogP contribution is -2.46. The van der Waals surface area contributed by atoms with Crippen molar-refractivity contribution in [2.24, 2.45) is 0 Å². The fourth-order valence-corrected chi connectivity index (χ4v) is 2.86. The second-order valence-electron chi connectivity index (χ2n) is 4.90. The van der Waals surface area contributed by atoms with Crippen molar-refractivity contribution in [3.63, 3.8) is 0 Å². The second kappa shape index (κ2) is 4.60. The number of benzene rings is 1. The van der Waals surface area contributed by atoms with Crippen LogP contribution in [0.1, 0.15) is 19.3 Å². The maximum absolute atomic E-state index is 11.0. The van der Waals surface area contributed by atoms with E-state index in [4.69, 9.17) is 9.47 Å². The summed E-state index contributed by atoms with van der Waals surface area (Å²) >= 11 is 0. The highest BCUT2D eigenvalue weighted by atomic mass is 16.6. The predicted octanol–water partition coefficient (Wildman–Crippen LogP) is 2.35. The lowest BCUT2D eigenvalue weighted by Gasteiger charge is -2.41. The van der Waals surface area contributed by atoms with Gasteiger partial charge in [-0.25, -0.2) is 0 Å². The first kappa shape index (κ1) is 12.1. The molecule has 6 heteroatoms. The second-order valence-corrected chi connectivity index (χ2v) is 4.90. The van der Waals surface area contributed by atoms with Crippen LogP contribution in [0.25, 0.3) is 0 Å². The number of fused-ring (bicyclic) bond motifs is 3. The van der Waals surface area contributed by atoms with E-state index >= 15 is 0 Å². The molecule has 0 aromatic heterocycles. The smallest absolute Gasteiger partial charge is 0.314 e. The van der Waals surface area contributed by atoms with Crippen molar-refractivity contribution in [2.45, 2.75) is 25.3 Å². The van der Waals surface area contributed by atoms with Crippen LogP contribution in [-0.2, 0) is 0 Å². The first-order valence-corrected chi connectivity index (χ1v) is 6.46. The molecule has 1 aromatic rings. The molecular weight excluding hydrogens is 248 g/mol.